The first-order valence-corrected chi connectivity index (χ1v) is 3.52. The molecular weight excluding hydrogens is 138 g/mol. The quantitative estimate of drug-likeness (QED) is 0.657. The summed E-state index contributed by atoms with van der Waals surface area (Å²) >= 11 is 0. The predicted molar refractivity (Wildman–Crippen MR) is 45.0 cm³/mol. The van der Waals surface area contributed by atoms with Crippen LogP contribution in [0.3, 0.4) is 0 Å². The van der Waals surface area contributed by atoms with Gasteiger partial charge in [-0.25, -0.2) is 0 Å². The molecule has 1 heterocycles. The highest BCUT2D eigenvalue weighted by atomic mass is 15.5. The molecule has 2 aromatic rings. The Labute approximate surface area is 64.6 Å². The van der Waals surface area contributed by atoms with Gasteiger partial charge in [0.1, 0.15) is 0 Å². The summed E-state index contributed by atoms with van der Waals surface area (Å²) in [6, 6.07) is 8.07. The van der Waals surface area contributed by atoms with Crippen molar-refractivity contribution in [1.82, 2.24) is 9.89 Å². The third-order valence-corrected chi connectivity index (χ3v) is 1.69. The van der Waals surface area contributed by atoms with Gasteiger partial charge in [-0.15, -0.1) is 0 Å². The Kier molecular flexibility index (Phi) is 1.28. The zero-order valence-corrected chi connectivity index (χ0v) is 6.28. The van der Waals surface area contributed by atoms with Crippen LogP contribution in [-0.2, 0) is 0 Å². The maximum absolute atomic E-state index is 4.12. The first kappa shape index (κ1) is 6.22. The largest absolute Gasteiger partial charge is 0.313 e. The number of nitrogens with zero attached hydrogens (tertiary/aromatic N) is 2. The SMILES string of the molecule is CNn1ncc2ccccc21. The number of para-hydroxylation sites is 1. The lowest BCUT2D eigenvalue weighted by molar-refractivity contribution is 0.810. The highest BCUT2D eigenvalue weighted by molar-refractivity contribution is 5.78. The molecule has 11 heavy (non-hydrogen) atoms. The predicted octanol–water partition coefficient (Wildman–Crippen LogP) is 1.21. The second-order valence-corrected chi connectivity index (χ2v) is 2.34. The molecular formula is C8H9N3. The fourth-order valence-electron chi connectivity index (χ4n) is 1.15. The first-order chi connectivity index (χ1) is 5.42. The van der Waals surface area contributed by atoms with E-state index in [1.54, 1.807) is 4.79 Å². The Hall–Kier alpha value is -1.51. The number of benzene rings is 1. The van der Waals surface area contributed by atoms with E-state index < -0.39 is 0 Å². The van der Waals surface area contributed by atoms with Gasteiger partial charge < -0.3 is 5.43 Å². The smallest absolute Gasteiger partial charge is 0.0918 e. The topological polar surface area (TPSA) is 29.9 Å². The van der Waals surface area contributed by atoms with Crippen LogP contribution in [0.15, 0.2) is 30.5 Å². The average Bonchev–Trinajstić information content (AvgIpc) is 2.47. The third kappa shape index (κ3) is 0.852. The highest BCUT2D eigenvalue weighted by Crippen LogP contribution is 2.10. The summed E-state index contributed by atoms with van der Waals surface area (Å²) in [5, 5.41) is 5.27. The Morgan fingerprint density at radius 3 is 3.00 bits per heavy atom. The van der Waals surface area contributed by atoms with Crippen molar-refractivity contribution in [2.24, 2.45) is 0 Å². The van der Waals surface area contributed by atoms with Gasteiger partial charge in [-0.1, -0.05) is 18.2 Å². The van der Waals surface area contributed by atoms with E-state index in [0.717, 1.165) is 10.9 Å². The van der Waals surface area contributed by atoms with Crippen LogP contribution < -0.4 is 5.43 Å². The van der Waals surface area contributed by atoms with Gasteiger partial charge >= 0.3 is 0 Å². The summed E-state index contributed by atoms with van der Waals surface area (Å²) in [6.45, 7) is 0. The normalized spacial score (nSPS) is 10.3. The van der Waals surface area contributed by atoms with Gasteiger partial charge in [-0.3, -0.25) is 0 Å². The van der Waals surface area contributed by atoms with Crippen LogP contribution >= 0.6 is 0 Å². The molecule has 0 aliphatic heterocycles. The lowest BCUT2D eigenvalue weighted by atomic mass is 10.3. The highest BCUT2D eigenvalue weighted by Gasteiger charge is 1.96. The van der Waals surface area contributed by atoms with E-state index in [1.165, 1.54) is 0 Å². The van der Waals surface area contributed by atoms with E-state index >= 15 is 0 Å². The van der Waals surface area contributed by atoms with E-state index in [-0.39, 0.29) is 0 Å². The second kappa shape index (κ2) is 2.27. The molecule has 3 heteroatoms. The van der Waals surface area contributed by atoms with Crippen LogP contribution in [-0.4, -0.2) is 16.9 Å². The molecule has 1 aromatic carbocycles. The van der Waals surface area contributed by atoms with E-state index in [4.69, 9.17) is 0 Å². The summed E-state index contributed by atoms with van der Waals surface area (Å²) in [5.41, 5.74) is 4.06. The van der Waals surface area contributed by atoms with Crippen molar-refractivity contribution in [3.8, 4) is 0 Å². The minimum atomic E-state index is 1.11. The van der Waals surface area contributed by atoms with Crippen molar-refractivity contribution in [2.75, 3.05) is 12.5 Å². The lowest BCUT2D eigenvalue weighted by Crippen LogP contribution is -2.09. The zero-order chi connectivity index (χ0) is 7.68. The molecule has 1 aromatic heterocycles. The van der Waals surface area contributed by atoms with E-state index in [9.17, 15) is 0 Å². The van der Waals surface area contributed by atoms with Crippen molar-refractivity contribution in [2.45, 2.75) is 0 Å². The van der Waals surface area contributed by atoms with Gasteiger partial charge in [0, 0.05) is 12.4 Å². The number of nitrogens with one attached hydrogen (secondary N) is 1. The maximum atomic E-state index is 4.12. The number of rotatable bonds is 1. The van der Waals surface area contributed by atoms with Crippen LogP contribution in [0.25, 0.3) is 10.9 Å². The molecule has 0 aliphatic carbocycles. The molecule has 0 fully saturated rings. The summed E-state index contributed by atoms with van der Waals surface area (Å²) in [6.07, 6.45) is 1.84. The van der Waals surface area contributed by atoms with E-state index in [2.05, 4.69) is 10.5 Å². The van der Waals surface area contributed by atoms with Gasteiger partial charge in [-0.05, 0) is 6.07 Å². The molecule has 0 saturated heterocycles. The number of aromatic nitrogens is 2. The van der Waals surface area contributed by atoms with Crippen LogP contribution in [0.4, 0.5) is 0 Å². The average molecular weight is 147 g/mol. The number of hydrogen-bond acceptors (Lipinski definition) is 2. The summed E-state index contributed by atoms with van der Waals surface area (Å²) in [4.78, 5) is 1.75. The molecule has 3 nitrogen and oxygen atoms in total. The minimum Gasteiger partial charge on any atom is -0.313 e. The van der Waals surface area contributed by atoms with Crippen molar-refractivity contribution in [1.29, 1.82) is 0 Å². The molecule has 0 unspecified atom stereocenters. The van der Waals surface area contributed by atoms with Crippen LogP contribution in [0.5, 0.6) is 0 Å². The summed E-state index contributed by atoms with van der Waals surface area (Å²) in [5.74, 6) is 0. The Balaban J connectivity index is 2.76. The summed E-state index contributed by atoms with van der Waals surface area (Å²) in [7, 11) is 1.85. The zero-order valence-electron chi connectivity index (χ0n) is 6.28. The molecule has 56 valence electrons. The first-order valence-electron chi connectivity index (χ1n) is 3.52. The Bertz CT molecular complexity index is 364. The fraction of sp³-hybridized carbons (Fsp3) is 0.125. The Morgan fingerprint density at radius 2 is 2.18 bits per heavy atom. The molecule has 0 saturated carbocycles. The van der Waals surface area contributed by atoms with E-state index in [0.29, 0.717) is 0 Å². The summed E-state index contributed by atoms with van der Waals surface area (Å²) < 4.78 is 0. The van der Waals surface area contributed by atoms with Gasteiger partial charge in [0.15, 0.2) is 0 Å². The monoisotopic (exact) mass is 147 g/mol. The fourth-order valence-corrected chi connectivity index (χ4v) is 1.15. The van der Waals surface area contributed by atoms with Crippen molar-refractivity contribution in [3.05, 3.63) is 30.5 Å². The van der Waals surface area contributed by atoms with Gasteiger partial charge in [-0.2, -0.15) is 9.89 Å². The second-order valence-electron chi connectivity index (χ2n) is 2.34. The molecule has 0 bridgehead atoms. The molecule has 0 amide bonds. The molecule has 2 rings (SSSR count). The van der Waals surface area contributed by atoms with Crippen molar-refractivity contribution < 1.29 is 0 Å². The van der Waals surface area contributed by atoms with Crippen LogP contribution in [0.2, 0.25) is 0 Å². The van der Waals surface area contributed by atoms with Gasteiger partial charge in [0.2, 0.25) is 0 Å². The minimum absolute atomic E-state index is 1.11. The van der Waals surface area contributed by atoms with Crippen molar-refractivity contribution >= 4 is 10.9 Å². The van der Waals surface area contributed by atoms with Crippen LogP contribution in [0, 0.1) is 0 Å². The van der Waals surface area contributed by atoms with E-state index in [1.807, 2.05) is 37.5 Å². The lowest BCUT2D eigenvalue weighted by Gasteiger charge is -1.98. The molecule has 0 atom stereocenters. The molecule has 0 radical (unpaired) electrons. The van der Waals surface area contributed by atoms with Crippen molar-refractivity contribution in [3.63, 3.8) is 0 Å². The van der Waals surface area contributed by atoms with Gasteiger partial charge in [0.25, 0.3) is 0 Å². The molecule has 0 spiro atoms. The standard InChI is InChI=1S/C8H9N3/c1-9-11-8-5-3-2-4-7(8)6-10-11/h2-6,9H,1H3. The number of hydrogen-bond donors (Lipinski definition) is 1. The molecule has 1 N–H and O–H groups in total. The van der Waals surface area contributed by atoms with Gasteiger partial charge in [0.05, 0.1) is 11.7 Å². The molecule has 0 aliphatic rings. The number of fused-ring (bicyclic) bond motifs is 1. The Morgan fingerprint density at radius 1 is 1.36 bits per heavy atom. The maximum Gasteiger partial charge on any atom is 0.0918 e. The van der Waals surface area contributed by atoms with Crippen LogP contribution in [0.1, 0.15) is 0 Å². The third-order valence-electron chi connectivity index (χ3n) is 1.69.